The maximum atomic E-state index is 12.8. The summed E-state index contributed by atoms with van der Waals surface area (Å²) in [4.78, 5) is 15.1. The minimum atomic E-state index is -0.156. The lowest BCUT2D eigenvalue weighted by Crippen LogP contribution is -2.30. The van der Waals surface area contributed by atoms with Gasteiger partial charge in [-0.1, -0.05) is 37.1 Å². The topological polar surface area (TPSA) is 41.6 Å². The van der Waals surface area contributed by atoms with E-state index >= 15 is 0 Å². The molecule has 2 aromatic carbocycles. The van der Waals surface area contributed by atoms with Crippen molar-refractivity contribution >= 4 is 28.9 Å². The minimum Gasteiger partial charge on any atom is -0.494 e. The molecule has 0 spiro atoms. The van der Waals surface area contributed by atoms with Crippen LogP contribution in [0.25, 0.3) is 0 Å². The summed E-state index contributed by atoms with van der Waals surface area (Å²) in [7, 11) is 0. The maximum absolute atomic E-state index is 12.8. The lowest BCUT2D eigenvalue weighted by Gasteiger charge is -2.31. The van der Waals surface area contributed by atoms with Crippen molar-refractivity contribution in [1.29, 1.82) is 0 Å². The molecule has 0 bridgehead atoms. The summed E-state index contributed by atoms with van der Waals surface area (Å²) in [6.07, 6.45) is 5.62. The molecule has 0 aromatic heterocycles. The molecule has 0 unspecified atom stereocenters. The summed E-state index contributed by atoms with van der Waals surface area (Å²) in [5.74, 6) is 0.565. The van der Waals surface area contributed by atoms with Gasteiger partial charge in [0.1, 0.15) is 5.75 Å². The Labute approximate surface area is 166 Å². The zero-order chi connectivity index (χ0) is 19.1. The first-order valence-corrected chi connectivity index (χ1v) is 10.1. The second-order valence-corrected chi connectivity index (χ2v) is 7.27. The molecule has 27 heavy (non-hydrogen) atoms. The molecule has 0 radical (unpaired) electrons. The highest BCUT2D eigenvalue weighted by Gasteiger charge is 2.19. The standard InChI is InChI=1S/C22H27ClN2O2/c1-2-3-15-27-18-10-7-9-17(16-18)22(26)24-20-12-8-11-19(23)21(20)25-13-5-4-6-14-25/h7-12,16H,2-6,13-15H2,1H3,(H,24,26). The molecule has 1 heterocycles. The summed E-state index contributed by atoms with van der Waals surface area (Å²) >= 11 is 6.48. The van der Waals surface area contributed by atoms with Gasteiger partial charge in [0.2, 0.25) is 0 Å². The molecule has 144 valence electrons. The molecule has 1 amide bonds. The minimum absolute atomic E-state index is 0.156. The van der Waals surface area contributed by atoms with E-state index in [1.807, 2.05) is 30.3 Å². The number of nitrogens with zero attached hydrogens (tertiary/aromatic N) is 1. The van der Waals surface area contributed by atoms with Crippen molar-refractivity contribution in [2.75, 3.05) is 29.9 Å². The third kappa shape index (κ3) is 5.16. The number of nitrogens with one attached hydrogen (secondary N) is 1. The van der Waals surface area contributed by atoms with Crippen molar-refractivity contribution in [2.24, 2.45) is 0 Å². The quantitative estimate of drug-likeness (QED) is 0.615. The van der Waals surface area contributed by atoms with Gasteiger partial charge in [-0.15, -0.1) is 0 Å². The van der Waals surface area contributed by atoms with Gasteiger partial charge in [-0.3, -0.25) is 4.79 Å². The van der Waals surface area contributed by atoms with Gasteiger partial charge in [-0.05, 0) is 56.0 Å². The smallest absolute Gasteiger partial charge is 0.255 e. The molecule has 1 aliphatic heterocycles. The van der Waals surface area contributed by atoms with Gasteiger partial charge in [-0.25, -0.2) is 0 Å². The summed E-state index contributed by atoms with van der Waals surface area (Å²) in [5.41, 5.74) is 2.25. The van der Waals surface area contributed by atoms with E-state index in [9.17, 15) is 4.79 Å². The molecule has 0 aliphatic carbocycles. The Morgan fingerprint density at radius 3 is 2.70 bits per heavy atom. The molecule has 0 saturated carbocycles. The number of ether oxygens (including phenoxy) is 1. The van der Waals surface area contributed by atoms with Crippen LogP contribution in [0.15, 0.2) is 42.5 Å². The van der Waals surface area contributed by atoms with Crippen molar-refractivity contribution in [2.45, 2.75) is 39.0 Å². The number of rotatable bonds is 7. The molecular weight excluding hydrogens is 360 g/mol. The Morgan fingerprint density at radius 1 is 1.15 bits per heavy atom. The Bertz CT molecular complexity index is 773. The Hall–Kier alpha value is -2.20. The van der Waals surface area contributed by atoms with Crippen LogP contribution < -0.4 is 15.0 Å². The number of hydrogen-bond acceptors (Lipinski definition) is 3. The number of carbonyl (C=O) groups is 1. The fraction of sp³-hybridized carbons (Fsp3) is 0.409. The molecule has 2 aromatic rings. The highest BCUT2D eigenvalue weighted by atomic mass is 35.5. The predicted octanol–water partition coefficient (Wildman–Crippen LogP) is 5.76. The fourth-order valence-electron chi connectivity index (χ4n) is 3.31. The monoisotopic (exact) mass is 386 g/mol. The van der Waals surface area contributed by atoms with E-state index in [1.165, 1.54) is 6.42 Å². The van der Waals surface area contributed by atoms with Crippen molar-refractivity contribution in [3.05, 3.63) is 53.1 Å². The van der Waals surface area contributed by atoms with E-state index in [1.54, 1.807) is 12.1 Å². The third-order valence-corrected chi connectivity index (χ3v) is 5.08. The number of carbonyl (C=O) groups excluding carboxylic acids is 1. The molecule has 4 nitrogen and oxygen atoms in total. The first-order chi connectivity index (χ1) is 13.2. The molecule has 1 N–H and O–H groups in total. The van der Waals surface area contributed by atoms with Crippen molar-refractivity contribution in [3.63, 3.8) is 0 Å². The Kier molecular flexibility index (Phi) is 6.99. The van der Waals surface area contributed by atoms with Crippen molar-refractivity contribution in [1.82, 2.24) is 0 Å². The number of benzene rings is 2. The molecule has 1 saturated heterocycles. The van der Waals surface area contributed by atoms with Gasteiger partial charge in [0.25, 0.3) is 5.91 Å². The number of piperidine rings is 1. The summed E-state index contributed by atoms with van der Waals surface area (Å²) < 4.78 is 5.72. The van der Waals surface area contributed by atoms with Gasteiger partial charge < -0.3 is 15.0 Å². The zero-order valence-electron chi connectivity index (χ0n) is 15.8. The van der Waals surface area contributed by atoms with Crippen LogP contribution >= 0.6 is 11.6 Å². The Balaban J connectivity index is 1.76. The van der Waals surface area contributed by atoms with Gasteiger partial charge in [0.15, 0.2) is 0 Å². The maximum Gasteiger partial charge on any atom is 0.255 e. The molecular formula is C22H27ClN2O2. The average Bonchev–Trinajstić information content (AvgIpc) is 2.69. The fourth-order valence-corrected chi connectivity index (χ4v) is 3.61. The van der Waals surface area contributed by atoms with Gasteiger partial charge in [0, 0.05) is 18.7 Å². The van der Waals surface area contributed by atoms with E-state index in [-0.39, 0.29) is 5.91 Å². The highest BCUT2D eigenvalue weighted by molar-refractivity contribution is 6.34. The van der Waals surface area contributed by atoms with Crippen LogP contribution in [-0.4, -0.2) is 25.6 Å². The molecule has 1 fully saturated rings. The molecule has 1 aliphatic rings. The largest absolute Gasteiger partial charge is 0.494 e. The highest BCUT2D eigenvalue weighted by Crippen LogP contribution is 2.35. The van der Waals surface area contributed by atoms with Crippen molar-refractivity contribution in [3.8, 4) is 5.75 Å². The SMILES string of the molecule is CCCCOc1cccc(C(=O)Nc2cccc(Cl)c2N2CCCCC2)c1. The second kappa shape index (κ2) is 9.65. The second-order valence-electron chi connectivity index (χ2n) is 6.87. The first-order valence-electron chi connectivity index (χ1n) is 9.76. The average molecular weight is 387 g/mol. The van der Waals surface area contributed by atoms with Crippen molar-refractivity contribution < 1.29 is 9.53 Å². The Morgan fingerprint density at radius 2 is 1.93 bits per heavy atom. The van der Waals surface area contributed by atoms with E-state index in [0.717, 1.165) is 55.9 Å². The van der Waals surface area contributed by atoms with E-state index < -0.39 is 0 Å². The number of unbranched alkanes of at least 4 members (excludes halogenated alkanes) is 1. The molecule has 3 rings (SSSR count). The summed E-state index contributed by atoms with van der Waals surface area (Å²) in [6, 6.07) is 13.0. The number of amides is 1. The van der Waals surface area contributed by atoms with E-state index in [4.69, 9.17) is 16.3 Å². The number of anilines is 2. The van der Waals surface area contributed by atoms with E-state index in [0.29, 0.717) is 17.2 Å². The predicted molar refractivity (Wildman–Crippen MR) is 112 cm³/mol. The number of halogens is 1. The normalized spacial score (nSPS) is 14.1. The van der Waals surface area contributed by atoms with Crippen LogP contribution in [0.4, 0.5) is 11.4 Å². The van der Waals surface area contributed by atoms with Crippen LogP contribution in [0.5, 0.6) is 5.75 Å². The van der Waals surface area contributed by atoms with Crippen LogP contribution in [0.3, 0.4) is 0 Å². The number of para-hydroxylation sites is 1. The summed E-state index contributed by atoms with van der Waals surface area (Å²) in [5, 5.41) is 3.71. The van der Waals surface area contributed by atoms with Gasteiger partial charge >= 0.3 is 0 Å². The van der Waals surface area contributed by atoms with Gasteiger partial charge in [0.05, 0.1) is 23.0 Å². The zero-order valence-corrected chi connectivity index (χ0v) is 16.6. The number of hydrogen-bond donors (Lipinski definition) is 1. The van der Waals surface area contributed by atoms with Crippen LogP contribution in [-0.2, 0) is 0 Å². The third-order valence-electron chi connectivity index (χ3n) is 4.77. The van der Waals surface area contributed by atoms with E-state index in [2.05, 4.69) is 17.1 Å². The lowest BCUT2D eigenvalue weighted by atomic mass is 10.1. The first kappa shape index (κ1) is 19.6. The summed E-state index contributed by atoms with van der Waals surface area (Å²) in [6.45, 7) is 4.72. The molecule has 5 heteroatoms. The van der Waals surface area contributed by atoms with Crippen LogP contribution in [0.2, 0.25) is 5.02 Å². The van der Waals surface area contributed by atoms with Gasteiger partial charge in [-0.2, -0.15) is 0 Å². The lowest BCUT2D eigenvalue weighted by molar-refractivity contribution is 0.102. The molecule has 0 atom stereocenters. The van der Waals surface area contributed by atoms with Crippen LogP contribution in [0, 0.1) is 0 Å². The van der Waals surface area contributed by atoms with Crippen LogP contribution in [0.1, 0.15) is 49.4 Å².